The molecule has 1 aliphatic heterocycles. The Morgan fingerprint density at radius 3 is 2.55 bits per heavy atom. The van der Waals surface area contributed by atoms with Crippen LogP contribution in [-0.2, 0) is 6.42 Å². The van der Waals surface area contributed by atoms with Gasteiger partial charge in [0.15, 0.2) is 0 Å². The van der Waals surface area contributed by atoms with Gasteiger partial charge >= 0.3 is 6.03 Å². The second kappa shape index (κ2) is 8.15. The van der Waals surface area contributed by atoms with Crippen LogP contribution in [0.5, 0.6) is 0 Å². The predicted molar refractivity (Wildman–Crippen MR) is 87.8 cm³/mol. The summed E-state index contributed by atoms with van der Waals surface area (Å²) in [4.78, 5) is 15.4. The molecule has 0 bridgehead atoms. The molecular formula is C17H27N3O2. The van der Waals surface area contributed by atoms with Crippen LogP contribution in [0.1, 0.15) is 18.4 Å². The van der Waals surface area contributed by atoms with E-state index in [2.05, 4.69) is 5.32 Å². The van der Waals surface area contributed by atoms with Crippen molar-refractivity contribution in [1.82, 2.24) is 15.1 Å². The van der Waals surface area contributed by atoms with Crippen LogP contribution in [0.4, 0.5) is 4.79 Å². The van der Waals surface area contributed by atoms with Gasteiger partial charge in [0.2, 0.25) is 0 Å². The molecule has 1 aliphatic rings. The molecule has 1 saturated heterocycles. The largest absolute Gasteiger partial charge is 0.391 e. The minimum absolute atomic E-state index is 0.0857. The summed E-state index contributed by atoms with van der Waals surface area (Å²) in [6.45, 7) is 2.16. The van der Waals surface area contributed by atoms with Crippen molar-refractivity contribution < 1.29 is 9.90 Å². The van der Waals surface area contributed by atoms with Crippen LogP contribution < -0.4 is 5.32 Å². The molecule has 0 saturated carbocycles. The quantitative estimate of drug-likeness (QED) is 0.863. The van der Waals surface area contributed by atoms with E-state index in [1.165, 1.54) is 0 Å². The standard InChI is InChI=1S/C17H27N3O2/c1-19(2)17(22)20-10-8-15(9-11-20)18-13-16(21)12-14-6-4-3-5-7-14/h3-7,15-16,18,21H,8-13H2,1-2H3. The van der Waals surface area contributed by atoms with E-state index < -0.39 is 0 Å². The summed E-state index contributed by atoms with van der Waals surface area (Å²) in [5.41, 5.74) is 1.16. The number of nitrogens with one attached hydrogen (secondary N) is 1. The van der Waals surface area contributed by atoms with Crippen molar-refractivity contribution >= 4 is 6.03 Å². The highest BCUT2D eigenvalue weighted by atomic mass is 16.3. The number of carbonyl (C=O) groups excluding carboxylic acids is 1. The van der Waals surface area contributed by atoms with Crippen molar-refractivity contribution in [2.24, 2.45) is 0 Å². The molecule has 0 aromatic heterocycles. The molecule has 2 amide bonds. The molecule has 22 heavy (non-hydrogen) atoms. The summed E-state index contributed by atoms with van der Waals surface area (Å²) in [7, 11) is 3.57. The van der Waals surface area contributed by atoms with Crippen molar-refractivity contribution in [1.29, 1.82) is 0 Å². The number of aliphatic hydroxyl groups is 1. The number of nitrogens with zero attached hydrogens (tertiary/aromatic N) is 2. The summed E-state index contributed by atoms with van der Waals surface area (Å²) >= 11 is 0. The molecule has 1 fully saturated rings. The lowest BCUT2D eigenvalue weighted by Gasteiger charge is -2.34. The molecule has 2 N–H and O–H groups in total. The number of carbonyl (C=O) groups is 1. The zero-order valence-electron chi connectivity index (χ0n) is 13.5. The van der Waals surface area contributed by atoms with Crippen LogP contribution in [0.3, 0.4) is 0 Å². The van der Waals surface area contributed by atoms with E-state index in [0.717, 1.165) is 31.5 Å². The van der Waals surface area contributed by atoms with Crippen LogP contribution in [-0.4, -0.2) is 66.8 Å². The fraction of sp³-hybridized carbons (Fsp3) is 0.588. The predicted octanol–water partition coefficient (Wildman–Crippen LogP) is 1.33. The highest BCUT2D eigenvalue weighted by Crippen LogP contribution is 2.12. The van der Waals surface area contributed by atoms with Crippen molar-refractivity contribution in [3.63, 3.8) is 0 Å². The first-order valence-electron chi connectivity index (χ1n) is 7.98. The lowest BCUT2D eigenvalue weighted by Crippen LogP contribution is -2.49. The van der Waals surface area contributed by atoms with Crippen LogP contribution in [0.2, 0.25) is 0 Å². The lowest BCUT2D eigenvalue weighted by atomic mass is 10.0. The summed E-state index contributed by atoms with van der Waals surface area (Å²) < 4.78 is 0. The Morgan fingerprint density at radius 1 is 1.32 bits per heavy atom. The summed E-state index contributed by atoms with van der Waals surface area (Å²) in [6.07, 6.45) is 2.19. The Labute approximate surface area is 132 Å². The third kappa shape index (κ3) is 5.00. The molecule has 122 valence electrons. The molecule has 5 heteroatoms. The van der Waals surface area contributed by atoms with Gasteiger partial charge in [0.25, 0.3) is 0 Å². The number of likely N-dealkylation sites (tertiary alicyclic amines) is 1. The van der Waals surface area contributed by atoms with Crippen LogP contribution in [0.25, 0.3) is 0 Å². The molecule has 0 radical (unpaired) electrons. The smallest absolute Gasteiger partial charge is 0.319 e. The maximum atomic E-state index is 11.9. The molecule has 2 rings (SSSR count). The second-order valence-corrected chi connectivity index (χ2v) is 6.19. The molecule has 0 spiro atoms. The van der Waals surface area contributed by atoms with Gasteiger partial charge in [-0.25, -0.2) is 4.79 Å². The first-order chi connectivity index (χ1) is 10.6. The van der Waals surface area contributed by atoms with Crippen LogP contribution >= 0.6 is 0 Å². The van der Waals surface area contributed by atoms with E-state index in [9.17, 15) is 9.90 Å². The van der Waals surface area contributed by atoms with Crippen LogP contribution in [0, 0.1) is 0 Å². The van der Waals surface area contributed by atoms with Crippen molar-refractivity contribution in [3.05, 3.63) is 35.9 Å². The van der Waals surface area contributed by atoms with Gasteiger partial charge in [0, 0.05) is 39.8 Å². The van der Waals surface area contributed by atoms with Gasteiger partial charge in [-0.3, -0.25) is 0 Å². The van der Waals surface area contributed by atoms with E-state index in [1.807, 2.05) is 35.2 Å². The number of hydrogen-bond acceptors (Lipinski definition) is 3. The normalized spacial score (nSPS) is 17.3. The van der Waals surface area contributed by atoms with E-state index in [1.54, 1.807) is 19.0 Å². The first-order valence-corrected chi connectivity index (χ1v) is 7.98. The molecule has 1 heterocycles. The second-order valence-electron chi connectivity index (χ2n) is 6.19. The van der Waals surface area contributed by atoms with Crippen molar-refractivity contribution in [2.75, 3.05) is 33.7 Å². The number of piperidine rings is 1. The molecular weight excluding hydrogens is 278 g/mol. The van der Waals surface area contributed by atoms with E-state index >= 15 is 0 Å². The molecule has 1 atom stereocenters. The number of aliphatic hydroxyl groups excluding tert-OH is 1. The number of rotatable bonds is 5. The van der Waals surface area contributed by atoms with Gasteiger partial charge in [0.05, 0.1) is 6.10 Å². The van der Waals surface area contributed by atoms with E-state index in [0.29, 0.717) is 19.0 Å². The van der Waals surface area contributed by atoms with E-state index in [-0.39, 0.29) is 12.1 Å². The van der Waals surface area contributed by atoms with Gasteiger partial charge in [0.1, 0.15) is 0 Å². The fourth-order valence-corrected chi connectivity index (χ4v) is 2.82. The van der Waals surface area contributed by atoms with Gasteiger partial charge in [-0.05, 0) is 24.8 Å². The number of benzene rings is 1. The number of amides is 2. The highest BCUT2D eigenvalue weighted by molar-refractivity contribution is 5.73. The fourth-order valence-electron chi connectivity index (χ4n) is 2.82. The third-order valence-corrected chi connectivity index (χ3v) is 4.10. The Hall–Kier alpha value is -1.59. The maximum Gasteiger partial charge on any atom is 0.319 e. The zero-order chi connectivity index (χ0) is 15.9. The Balaban J connectivity index is 1.67. The molecule has 5 nitrogen and oxygen atoms in total. The average Bonchev–Trinajstić information content (AvgIpc) is 2.53. The van der Waals surface area contributed by atoms with Crippen LogP contribution in [0.15, 0.2) is 30.3 Å². The van der Waals surface area contributed by atoms with Crippen molar-refractivity contribution in [2.45, 2.75) is 31.4 Å². The minimum atomic E-state index is -0.371. The third-order valence-electron chi connectivity index (χ3n) is 4.10. The zero-order valence-corrected chi connectivity index (χ0v) is 13.5. The maximum absolute atomic E-state index is 11.9. The topological polar surface area (TPSA) is 55.8 Å². The summed E-state index contributed by atoms with van der Waals surface area (Å²) in [5, 5.41) is 13.5. The molecule has 1 unspecified atom stereocenters. The Morgan fingerprint density at radius 2 is 1.95 bits per heavy atom. The Bertz CT molecular complexity index is 456. The van der Waals surface area contributed by atoms with Gasteiger partial charge in [-0.1, -0.05) is 30.3 Å². The molecule has 1 aromatic rings. The monoisotopic (exact) mass is 305 g/mol. The molecule has 1 aromatic carbocycles. The lowest BCUT2D eigenvalue weighted by molar-refractivity contribution is 0.140. The first kappa shape index (κ1) is 16.8. The average molecular weight is 305 g/mol. The van der Waals surface area contributed by atoms with Gasteiger partial charge in [-0.15, -0.1) is 0 Å². The summed E-state index contributed by atoms with van der Waals surface area (Å²) in [6, 6.07) is 10.5. The number of hydrogen-bond donors (Lipinski definition) is 2. The van der Waals surface area contributed by atoms with Crippen molar-refractivity contribution in [3.8, 4) is 0 Å². The summed E-state index contributed by atoms with van der Waals surface area (Å²) in [5.74, 6) is 0. The molecule has 0 aliphatic carbocycles. The highest BCUT2D eigenvalue weighted by Gasteiger charge is 2.23. The minimum Gasteiger partial charge on any atom is -0.391 e. The SMILES string of the molecule is CN(C)C(=O)N1CCC(NCC(O)Cc2ccccc2)CC1. The Kier molecular flexibility index (Phi) is 6.21. The number of urea groups is 1. The van der Waals surface area contributed by atoms with Gasteiger partial charge in [-0.2, -0.15) is 0 Å². The van der Waals surface area contributed by atoms with E-state index in [4.69, 9.17) is 0 Å². The van der Waals surface area contributed by atoms with Gasteiger partial charge < -0.3 is 20.2 Å².